The number of hydrogen-bond donors (Lipinski definition) is 2. The minimum atomic E-state index is 0.110. The van der Waals surface area contributed by atoms with Gasteiger partial charge in [0.25, 0.3) is 5.91 Å². The van der Waals surface area contributed by atoms with E-state index < -0.39 is 0 Å². The number of likely N-dealkylation sites (tertiary alicyclic amines) is 1. The molecule has 128 valence electrons. The maximum Gasteiger partial charge on any atom is 0.275 e. The molecular weight excluding hydrogens is 363 g/mol. The van der Waals surface area contributed by atoms with Gasteiger partial charge in [0.15, 0.2) is 6.54 Å². The lowest BCUT2D eigenvalue weighted by molar-refractivity contribution is -0.910. The van der Waals surface area contributed by atoms with Gasteiger partial charge in [-0.25, -0.2) is 0 Å². The monoisotopic (exact) mass is 383 g/mol. The van der Waals surface area contributed by atoms with Crippen LogP contribution >= 0.6 is 34.5 Å². The van der Waals surface area contributed by atoms with Crippen LogP contribution in [0, 0.1) is 0 Å². The fourth-order valence-electron chi connectivity index (χ4n) is 3.29. The zero-order valence-electron chi connectivity index (χ0n) is 13.4. The van der Waals surface area contributed by atoms with Crippen LogP contribution in [0.15, 0.2) is 35.7 Å². The average Bonchev–Trinajstić information content (AvgIpc) is 3.20. The summed E-state index contributed by atoms with van der Waals surface area (Å²) in [6.45, 7) is 2.20. The number of carbonyl (C=O) groups excluding carboxylic acids is 1. The first-order valence-electron chi connectivity index (χ1n) is 8.22. The maximum atomic E-state index is 12.3. The van der Waals surface area contributed by atoms with E-state index in [1.165, 1.54) is 22.6 Å². The summed E-state index contributed by atoms with van der Waals surface area (Å²) in [6, 6.07) is 10.2. The van der Waals surface area contributed by atoms with Gasteiger partial charge in [-0.05, 0) is 35.6 Å². The lowest BCUT2D eigenvalue weighted by atomic mass is 10.1. The minimum absolute atomic E-state index is 0.110. The lowest BCUT2D eigenvalue weighted by Gasteiger charge is -2.20. The van der Waals surface area contributed by atoms with Crippen molar-refractivity contribution < 1.29 is 9.69 Å². The summed E-state index contributed by atoms with van der Waals surface area (Å²) in [5, 5.41) is 6.41. The second-order valence-corrected chi connectivity index (χ2v) is 7.95. The standard InChI is InChI=1S/C18H20Cl2N2OS/c19-14-6-5-13(15(20)11-14)7-8-21-18(23)12-22-9-1-3-16(22)17-4-2-10-24-17/h2,4-6,10-11,16H,1,3,7-9,12H2,(H,21,23)/p+1/t16-/m0/s1. The maximum absolute atomic E-state index is 12.3. The van der Waals surface area contributed by atoms with Gasteiger partial charge in [0, 0.05) is 29.4 Å². The van der Waals surface area contributed by atoms with E-state index in [1.54, 1.807) is 17.4 Å². The Morgan fingerprint density at radius 1 is 1.33 bits per heavy atom. The van der Waals surface area contributed by atoms with Gasteiger partial charge >= 0.3 is 0 Å². The Balaban J connectivity index is 1.47. The summed E-state index contributed by atoms with van der Waals surface area (Å²) in [7, 11) is 0. The predicted molar refractivity (Wildman–Crippen MR) is 100 cm³/mol. The quantitative estimate of drug-likeness (QED) is 0.789. The molecule has 2 heterocycles. The van der Waals surface area contributed by atoms with Crippen LogP contribution in [0.3, 0.4) is 0 Å². The van der Waals surface area contributed by atoms with Crippen LogP contribution in [0.4, 0.5) is 0 Å². The van der Waals surface area contributed by atoms with Crippen LogP contribution in [-0.2, 0) is 11.2 Å². The fraction of sp³-hybridized carbons (Fsp3) is 0.389. The predicted octanol–water partition coefficient (Wildman–Crippen LogP) is 3.13. The van der Waals surface area contributed by atoms with E-state index in [1.807, 2.05) is 12.1 Å². The molecule has 1 aliphatic heterocycles. The number of halogens is 2. The van der Waals surface area contributed by atoms with Gasteiger partial charge in [0.1, 0.15) is 6.04 Å². The normalized spacial score (nSPS) is 20.2. The van der Waals surface area contributed by atoms with E-state index in [0.717, 1.165) is 12.1 Å². The Morgan fingerprint density at radius 3 is 2.96 bits per heavy atom. The molecule has 1 fully saturated rings. The molecule has 1 aromatic carbocycles. The molecule has 1 saturated heterocycles. The van der Waals surface area contributed by atoms with Crippen LogP contribution in [0.5, 0.6) is 0 Å². The molecule has 2 atom stereocenters. The van der Waals surface area contributed by atoms with Crippen molar-refractivity contribution in [3.05, 3.63) is 56.2 Å². The van der Waals surface area contributed by atoms with Crippen molar-refractivity contribution in [3.8, 4) is 0 Å². The number of quaternary nitrogens is 1. The van der Waals surface area contributed by atoms with Crippen LogP contribution in [-0.4, -0.2) is 25.5 Å². The number of thiophene rings is 1. The highest BCUT2D eigenvalue weighted by molar-refractivity contribution is 7.10. The molecule has 2 aromatic rings. The van der Waals surface area contributed by atoms with E-state index in [-0.39, 0.29) is 5.91 Å². The molecular formula is C18H21Cl2N2OS+. The molecule has 0 spiro atoms. The highest BCUT2D eigenvalue weighted by Gasteiger charge is 2.32. The first-order valence-corrected chi connectivity index (χ1v) is 9.85. The number of carbonyl (C=O) groups is 1. The molecule has 3 nitrogen and oxygen atoms in total. The van der Waals surface area contributed by atoms with Gasteiger partial charge in [0.05, 0.1) is 11.4 Å². The molecule has 0 saturated carbocycles. The minimum Gasteiger partial charge on any atom is -0.351 e. The average molecular weight is 384 g/mol. The Labute approximate surface area is 156 Å². The van der Waals surface area contributed by atoms with Gasteiger partial charge in [-0.3, -0.25) is 4.79 Å². The van der Waals surface area contributed by atoms with E-state index in [4.69, 9.17) is 23.2 Å². The van der Waals surface area contributed by atoms with Crippen LogP contribution in [0.2, 0.25) is 10.0 Å². The van der Waals surface area contributed by atoms with Crippen molar-refractivity contribution in [2.24, 2.45) is 0 Å². The summed E-state index contributed by atoms with van der Waals surface area (Å²) in [4.78, 5) is 15.0. The van der Waals surface area contributed by atoms with E-state index in [0.29, 0.717) is 35.6 Å². The van der Waals surface area contributed by atoms with Gasteiger partial charge in [-0.15, -0.1) is 11.3 Å². The Bertz CT molecular complexity index is 690. The lowest BCUT2D eigenvalue weighted by Crippen LogP contribution is -3.11. The van der Waals surface area contributed by atoms with Crippen molar-refractivity contribution >= 4 is 40.4 Å². The molecule has 0 aliphatic carbocycles. The second-order valence-electron chi connectivity index (χ2n) is 6.13. The van der Waals surface area contributed by atoms with Gasteiger partial charge in [-0.2, -0.15) is 0 Å². The summed E-state index contributed by atoms with van der Waals surface area (Å²) < 4.78 is 0. The van der Waals surface area contributed by atoms with Crippen LogP contribution < -0.4 is 10.2 Å². The third-order valence-electron chi connectivity index (χ3n) is 4.49. The molecule has 1 amide bonds. The van der Waals surface area contributed by atoms with Gasteiger partial charge in [0.2, 0.25) is 0 Å². The molecule has 0 bridgehead atoms. The highest BCUT2D eigenvalue weighted by Crippen LogP contribution is 2.23. The third-order valence-corrected chi connectivity index (χ3v) is 6.06. The van der Waals surface area contributed by atoms with Gasteiger partial charge < -0.3 is 10.2 Å². The number of nitrogens with one attached hydrogen (secondary N) is 2. The van der Waals surface area contributed by atoms with Gasteiger partial charge in [-0.1, -0.05) is 35.3 Å². The van der Waals surface area contributed by atoms with E-state index >= 15 is 0 Å². The molecule has 6 heteroatoms. The molecule has 1 aliphatic rings. The molecule has 0 radical (unpaired) electrons. The van der Waals surface area contributed by atoms with Crippen LogP contribution in [0.25, 0.3) is 0 Å². The van der Waals surface area contributed by atoms with Crippen LogP contribution in [0.1, 0.15) is 29.3 Å². The SMILES string of the molecule is O=C(C[NH+]1CCC[C@H]1c1cccs1)NCCc1ccc(Cl)cc1Cl. The van der Waals surface area contributed by atoms with Crippen molar-refractivity contribution in [2.75, 3.05) is 19.6 Å². The number of benzene rings is 1. The summed E-state index contributed by atoms with van der Waals surface area (Å²) in [5.74, 6) is 0.110. The largest absolute Gasteiger partial charge is 0.351 e. The molecule has 2 N–H and O–H groups in total. The first-order chi connectivity index (χ1) is 11.6. The first kappa shape index (κ1) is 17.7. The smallest absolute Gasteiger partial charge is 0.275 e. The van der Waals surface area contributed by atoms with E-state index in [9.17, 15) is 4.79 Å². The second kappa shape index (κ2) is 8.34. The van der Waals surface area contributed by atoms with Crippen molar-refractivity contribution in [1.82, 2.24) is 5.32 Å². The zero-order valence-corrected chi connectivity index (χ0v) is 15.7. The van der Waals surface area contributed by atoms with Crippen molar-refractivity contribution in [1.29, 1.82) is 0 Å². The zero-order chi connectivity index (χ0) is 16.9. The fourth-order valence-corrected chi connectivity index (χ4v) is 4.71. The van der Waals surface area contributed by atoms with Crippen molar-refractivity contribution in [3.63, 3.8) is 0 Å². The third kappa shape index (κ3) is 4.51. The Morgan fingerprint density at radius 2 is 2.21 bits per heavy atom. The van der Waals surface area contributed by atoms with Crippen molar-refractivity contribution in [2.45, 2.75) is 25.3 Å². The summed E-state index contributed by atoms with van der Waals surface area (Å²) >= 11 is 13.8. The molecule has 1 aromatic heterocycles. The molecule has 3 rings (SSSR count). The summed E-state index contributed by atoms with van der Waals surface area (Å²) in [5.41, 5.74) is 1.01. The highest BCUT2D eigenvalue weighted by atomic mass is 35.5. The summed E-state index contributed by atoms with van der Waals surface area (Å²) in [6.07, 6.45) is 3.07. The topological polar surface area (TPSA) is 33.5 Å². The Kier molecular flexibility index (Phi) is 6.17. The Hall–Kier alpha value is -1.07. The number of rotatable bonds is 6. The van der Waals surface area contributed by atoms with E-state index in [2.05, 4.69) is 22.8 Å². The molecule has 1 unspecified atom stereocenters. The number of hydrogen-bond acceptors (Lipinski definition) is 2. The number of amides is 1. The molecule has 24 heavy (non-hydrogen) atoms.